The molecule has 0 spiro atoms. The van der Waals surface area contributed by atoms with Crippen molar-refractivity contribution in [2.75, 3.05) is 0 Å². The van der Waals surface area contributed by atoms with Crippen molar-refractivity contribution in [3.05, 3.63) is 60.2 Å². The smallest absolute Gasteiger partial charge is 0.194 e. The van der Waals surface area contributed by atoms with Crippen molar-refractivity contribution in [2.45, 2.75) is 47.6 Å². The zero-order chi connectivity index (χ0) is 31.4. The summed E-state index contributed by atoms with van der Waals surface area (Å²) >= 11 is 0. The number of benzene rings is 4. The number of rotatable bonds is 7. The molecule has 0 unspecified atom stereocenters. The normalized spacial score (nSPS) is 15.4. The summed E-state index contributed by atoms with van der Waals surface area (Å²) in [5.74, 6) is -56.8. The first-order valence-electron chi connectivity index (χ1n) is 10.7. The standard InChI is InChI=1S/C24H9F17/c25-17(26,14-9-7-12-5-4-10-2-1-3-11-6-8-13(14)16(12)15(10)11)18(27,28)19(29,30)20(31,32)21(33,34)22(35,36)23(37,38)24(39,40)41/h1-9H. The van der Waals surface area contributed by atoms with E-state index in [1.54, 1.807) is 0 Å². The zero-order valence-electron chi connectivity index (χ0n) is 19.1. The molecule has 0 radical (unpaired) electrons. The predicted molar refractivity (Wildman–Crippen MR) is 110 cm³/mol. The highest BCUT2D eigenvalue weighted by atomic mass is 19.4. The van der Waals surface area contributed by atoms with Crippen LogP contribution in [0, 0.1) is 0 Å². The minimum Gasteiger partial charge on any atom is -0.194 e. The van der Waals surface area contributed by atoms with E-state index in [1.165, 1.54) is 30.3 Å². The van der Waals surface area contributed by atoms with E-state index < -0.39 is 58.6 Å². The summed E-state index contributed by atoms with van der Waals surface area (Å²) in [5, 5.41) is -0.637. The van der Waals surface area contributed by atoms with Gasteiger partial charge >= 0.3 is 47.6 Å². The Morgan fingerprint density at radius 2 is 0.707 bits per heavy atom. The van der Waals surface area contributed by atoms with E-state index in [0.717, 1.165) is 6.07 Å². The number of hydrogen-bond donors (Lipinski definition) is 0. The van der Waals surface area contributed by atoms with Gasteiger partial charge in [0.1, 0.15) is 0 Å². The molecule has 0 fully saturated rings. The fraction of sp³-hybridized carbons (Fsp3) is 0.333. The Morgan fingerprint density at radius 1 is 0.341 bits per heavy atom. The molecule has 0 saturated carbocycles. The van der Waals surface area contributed by atoms with Crippen molar-refractivity contribution in [3.8, 4) is 0 Å². The highest BCUT2D eigenvalue weighted by Gasteiger charge is 2.95. The van der Waals surface area contributed by atoms with Crippen LogP contribution in [0.25, 0.3) is 32.3 Å². The maximum absolute atomic E-state index is 15.1. The van der Waals surface area contributed by atoms with Crippen LogP contribution >= 0.6 is 0 Å². The van der Waals surface area contributed by atoms with Gasteiger partial charge in [0.05, 0.1) is 0 Å². The molecule has 0 amide bonds. The highest BCUT2D eigenvalue weighted by Crippen LogP contribution is 2.65. The minimum absolute atomic E-state index is 0.0183. The van der Waals surface area contributed by atoms with E-state index in [0.29, 0.717) is 12.1 Å². The maximum Gasteiger partial charge on any atom is 0.460 e. The van der Waals surface area contributed by atoms with Crippen molar-refractivity contribution in [2.24, 2.45) is 0 Å². The average Bonchev–Trinajstić information content (AvgIpc) is 2.85. The molecule has 4 aromatic carbocycles. The molecule has 0 saturated heterocycles. The Morgan fingerprint density at radius 3 is 1.17 bits per heavy atom. The monoisotopic (exact) mass is 620 g/mol. The van der Waals surface area contributed by atoms with Gasteiger partial charge in [-0.15, -0.1) is 0 Å². The lowest BCUT2D eigenvalue weighted by atomic mass is 9.84. The second-order valence-electron chi connectivity index (χ2n) is 8.99. The first kappa shape index (κ1) is 30.7. The van der Waals surface area contributed by atoms with E-state index in [9.17, 15) is 65.9 Å². The van der Waals surface area contributed by atoms with Crippen LogP contribution in [-0.4, -0.2) is 41.7 Å². The third kappa shape index (κ3) is 3.61. The van der Waals surface area contributed by atoms with Crippen molar-refractivity contribution in [1.29, 1.82) is 0 Å². The molecule has 0 aliphatic heterocycles. The average molecular weight is 620 g/mol. The van der Waals surface area contributed by atoms with E-state index in [1.807, 2.05) is 0 Å². The summed E-state index contributed by atoms with van der Waals surface area (Å²) in [6, 6.07) is 9.33. The van der Waals surface area contributed by atoms with E-state index in [2.05, 4.69) is 0 Å². The molecule has 0 heterocycles. The van der Waals surface area contributed by atoms with Crippen LogP contribution in [0.1, 0.15) is 5.56 Å². The lowest BCUT2D eigenvalue weighted by Crippen LogP contribution is -2.74. The van der Waals surface area contributed by atoms with Crippen LogP contribution in [0.15, 0.2) is 54.6 Å². The first-order valence-corrected chi connectivity index (χ1v) is 10.7. The molecule has 41 heavy (non-hydrogen) atoms. The quantitative estimate of drug-likeness (QED) is 0.143. The van der Waals surface area contributed by atoms with Crippen LogP contribution < -0.4 is 0 Å². The highest BCUT2D eigenvalue weighted by molar-refractivity contribution is 6.23. The Labute approximate surface area is 215 Å². The minimum atomic E-state index is -8.66. The lowest BCUT2D eigenvalue weighted by molar-refractivity contribution is -0.462. The largest absolute Gasteiger partial charge is 0.460 e. The molecule has 0 atom stereocenters. The summed E-state index contributed by atoms with van der Waals surface area (Å²) in [6.45, 7) is 0. The molecule has 0 N–H and O–H groups in total. The fourth-order valence-corrected chi connectivity index (χ4v) is 4.34. The Hall–Kier alpha value is -3.27. The second-order valence-corrected chi connectivity index (χ2v) is 8.99. The first-order chi connectivity index (χ1) is 18.3. The van der Waals surface area contributed by atoms with Crippen LogP contribution in [0.3, 0.4) is 0 Å². The van der Waals surface area contributed by atoms with Gasteiger partial charge in [0, 0.05) is 5.56 Å². The molecule has 0 aromatic heterocycles. The Balaban J connectivity index is 1.92. The molecular formula is C24H9F17. The fourth-order valence-electron chi connectivity index (χ4n) is 4.34. The molecule has 224 valence electrons. The van der Waals surface area contributed by atoms with Crippen molar-refractivity contribution >= 4 is 32.3 Å². The number of hydrogen-bond acceptors (Lipinski definition) is 0. The summed E-state index contributed by atoms with van der Waals surface area (Å²) in [5.41, 5.74) is -2.19. The van der Waals surface area contributed by atoms with Gasteiger partial charge < -0.3 is 0 Å². The molecule has 0 nitrogen and oxygen atoms in total. The van der Waals surface area contributed by atoms with Crippen LogP contribution in [0.4, 0.5) is 74.6 Å². The summed E-state index contributed by atoms with van der Waals surface area (Å²) < 4.78 is 234. The topological polar surface area (TPSA) is 0 Å². The molecule has 0 aliphatic rings. The molecular weight excluding hydrogens is 611 g/mol. The summed E-state index contributed by atoms with van der Waals surface area (Å²) in [6.07, 6.45) is -7.79. The molecule has 4 aromatic rings. The lowest BCUT2D eigenvalue weighted by Gasteiger charge is -2.43. The predicted octanol–water partition coefficient (Wildman–Crippen LogP) is 10.0. The molecule has 0 bridgehead atoms. The van der Waals surface area contributed by atoms with Crippen molar-refractivity contribution in [1.82, 2.24) is 0 Å². The number of alkyl halides is 17. The molecule has 0 aliphatic carbocycles. The maximum atomic E-state index is 15.1. The van der Waals surface area contributed by atoms with E-state index in [-0.39, 0.29) is 33.0 Å². The van der Waals surface area contributed by atoms with Gasteiger partial charge in [-0.1, -0.05) is 54.6 Å². The van der Waals surface area contributed by atoms with Gasteiger partial charge in [-0.3, -0.25) is 0 Å². The van der Waals surface area contributed by atoms with Gasteiger partial charge in [0.2, 0.25) is 0 Å². The van der Waals surface area contributed by atoms with E-state index >= 15 is 8.78 Å². The van der Waals surface area contributed by atoms with Gasteiger partial charge in [0.25, 0.3) is 0 Å². The van der Waals surface area contributed by atoms with Gasteiger partial charge in [0.15, 0.2) is 0 Å². The van der Waals surface area contributed by atoms with Crippen LogP contribution in [0.5, 0.6) is 0 Å². The Bertz CT molecular complexity index is 1600. The molecule has 4 rings (SSSR count). The van der Waals surface area contributed by atoms with E-state index in [4.69, 9.17) is 0 Å². The van der Waals surface area contributed by atoms with Crippen molar-refractivity contribution in [3.63, 3.8) is 0 Å². The third-order valence-corrected chi connectivity index (χ3v) is 6.59. The van der Waals surface area contributed by atoms with Crippen molar-refractivity contribution < 1.29 is 74.6 Å². The van der Waals surface area contributed by atoms with Gasteiger partial charge in [-0.05, 0) is 32.3 Å². The number of halogens is 17. The molecule has 17 heteroatoms. The summed E-state index contributed by atoms with van der Waals surface area (Å²) in [7, 11) is 0. The second kappa shape index (κ2) is 8.40. The van der Waals surface area contributed by atoms with Crippen LogP contribution in [-0.2, 0) is 5.92 Å². The zero-order valence-corrected chi connectivity index (χ0v) is 19.1. The third-order valence-electron chi connectivity index (χ3n) is 6.59. The SMILES string of the molecule is FC(F)(F)C(F)(F)C(F)(F)C(F)(F)C(F)(F)C(F)(F)C(F)(F)C(F)(F)c1ccc2ccc3cccc4ccc1c2c34. The summed E-state index contributed by atoms with van der Waals surface area (Å²) in [4.78, 5) is 0. The van der Waals surface area contributed by atoms with Gasteiger partial charge in [-0.25, -0.2) is 0 Å². The van der Waals surface area contributed by atoms with Gasteiger partial charge in [-0.2, -0.15) is 74.6 Å². The Kier molecular flexibility index (Phi) is 6.28. The van der Waals surface area contributed by atoms with Crippen LogP contribution in [0.2, 0.25) is 0 Å².